The summed E-state index contributed by atoms with van der Waals surface area (Å²) < 4.78 is 30.2. The quantitative estimate of drug-likeness (QED) is 0.681. The normalized spacial score (nSPS) is 16.0. The van der Waals surface area contributed by atoms with Crippen LogP contribution in [0.2, 0.25) is 0 Å². The number of nitrogens with zero attached hydrogens (tertiary/aromatic N) is 2. The van der Waals surface area contributed by atoms with Gasteiger partial charge in [0, 0.05) is 36.8 Å². The zero-order valence-electron chi connectivity index (χ0n) is 16.5. The van der Waals surface area contributed by atoms with E-state index in [2.05, 4.69) is 15.1 Å². The van der Waals surface area contributed by atoms with Gasteiger partial charge < -0.3 is 15.0 Å². The standard InChI is InChI=1S/C21H25F2N3O2S/c1-15(20(27)24-16-7-9-17(10-8-16)29-21(22)23)25-11-13-26(14-12-25)18-5-3-4-6-19(18)28-2/h3-10,15,21H,11-14H2,1-2H3,(H,24,27)/t15-/m1/s1. The van der Waals surface area contributed by atoms with Gasteiger partial charge in [-0.2, -0.15) is 8.78 Å². The minimum Gasteiger partial charge on any atom is -0.495 e. The van der Waals surface area contributed by atoms with Crippen molar-refractivity contribution >= 4 is 29.0 Å². The van der Waals surface area contributed by atoms with Gasteiger partial charge in [-0.05, 0) is 43.3 Å². The molecule has 29 heavy (non-hydrogen) atoms. The Morgan fingerprint density at radius 3 is 2.34 bits per heavy atom. The molecule has 1 atom stereocenters. The van der Waals surface area contributed by atoms with Crippen molar-refractivity contribution < 1.29 is 18.3 Å². The third kappa shape index (κ3) is 5.61. The Kier molecular flexibility index (Phi) is 7.33. The number of rotatable bonds is 7. The summed E-state index contributed by atoms with van der Waals surface area (Å²) >= 11 is 0.488. The number of para-hydroxylation sites is 2. The third-order valence-electron chi connectivity index (χ3n) is 5.01. The van der Waals surface area contributed by atoms with Gasteiger partial charge in [0.15, 0.2) is 0 Å². The maximum Gasteiger partial charge on any atom is 0.288 e. The highest BCUT2D eigenvalue weighted by molar-refractivity contribution is 7.99. The molecule has 0 bridgehead atoms. The van der Waals surface area contributed by atoms with Crippen LogP contribution in [-0.4, -0.2) is 55.9 Å². The van der Waals surface area contributed by atoms with Gasteiger partial charge in [0.1, 0.15) is 5.75 Å². The minimum absolute atomic E-state index is 0.106. The number of carbonyl (C=O) groups excluding carboxylic acids is 1. The summed E-state index contributed by atoms with van der Waals surface area (Å²) in [5.74, 6) is -1.71. The van der Waals surface area contributed by atoms with E-state index in [-0.39, 0.29) is 11.9 Å². The van der Waals surface area contributed by atoms with Crippen LogP contribution in [0.1, 0.15) is 6.92 Å². The summed E-state index contributed by atoms with van der Waals surface area (Å²) in [7, 11) is 1.67. The van der Waals surface area contributed by atoms with Crippen LogP contribution in [0.4, 0.5) is 20.2 Å². The Labute approximate surface area is 174 Å². The monoisotopic (exact) mass is 421 g/mol. The fourth-order valence-corrected chi connectivity index (χ4v) is 3.87. The number of hydrogen-bond donors (Lipinski definition) is 1. The lowest BCUT2D eigenvalue weighted by Crippen LogP contribution is -2.52. The zero-order valence-corrected chi connectivity index (χ0v) is 17.3. The lowest BCUT2D eigenvalue weighted by molar-refractivity contribution is -0.120. The van der Waals surface area contributed by atoms with Crippen molar-refractivity contribution in [3.05, 3.63) is 48.5 Å². The van der Waals surface area contributed by atoms with Crippen molar-refractivity contribution in [3.63, 3.8) is 0 Å². The number of halogens is 2. The van der Waals surface area contributed by atoms with Gasteiger partial charge in [-0.15, -0.1) is 0 Å². The largest absolute Gasteiger partial charge is 0.495 e. The lowest BCUT2D eigenvalue weighted by atomic mass is 10.2. The lowest BCUT2D eigenvalue weighted by Gasteiger charge is -2.38. The number of nitrogens with one attached hydrogen (secondary N) is 1. The van der Waals surface area contributed by atoms with Crippen molar-refractivity contribution in [2.24, 2.45) is 0 Å². The van der Waals surface area contributed by atoms with E-state index in [1.54, 1.807) is 31.4 Å². The Bertz CT molecular complexity index is 812. The van der Waals surface area contributed by atoms with Crippen molar-refractivity contribution in [1.82, 2.24) is 4.90 Å². The van der Waals surface area contributed by atoms with Crippen LogP contribution in [0.25, 0.3) is 0 Å². The summed E-state index contributed by atoms with van der Waals surface area (Å²) in [4.78, 5) is 17.5. The first-order chi connectivity index (χ1) is 14.0. The van der Waals surface area contributed by atoms with Crippen molar-refractivity contribution in [3.8, 4) is 5.75 Å². The van der Waals surface area contributed by atoms with E-state index < -0.39 is 5.76 Å². The molecule has 1 fully saturated rings. The molecule has 1 heterocycles. The van der Waals surface area contributed by atoms with Crippen molar-refractivity contribution in [1.29, 1.82) is 0 Å². The number of amides is 1. The van der Waals surface area contributed by atoms with Crippen LogP contribution in [0.5, 0.6) is 5.75 Å². The summed E-state index contributed by atoms with van der Waals surface area (Å²) in [5, 5.41) is 2.87. The van der Waals surface area contributed by atoms with Crippen LogP contribution in [0.3, 0.4) is 0 Å². The second-order valence-corrected chi connectivity index (χ2v) is 7.83. The predicted molar refractivity (Wildman–Crippen MR) is 113 cm³/mol. The summed E-state index contributed by atoms with van der Waals surface area (Å²) in [5.41, 5.74) is 1.67. The molecule has 0 unspecified atom stereocenters. The number of carbonyl (C=O) groups is 1. The molecule has 2 aromatic carbocycles. The first kappa shape index (κ1) is 21.4. The number of methoxy groups -OCH3 is 1. The number of thioether (sulfide) groups is 1. The molecule has 3 rings (SSSR count). The molecule has 156 valence electrons. The molecule has 1 aliphatic heterocycles. The molecule has 0 radical (unpaired) electrons. The van der Waals surface area contributed by atoms with Gasteiger partial charge in [0.05, 0.1) is 18.8 Å². The van der Waals surface area contributed by atoms with Crippen LogP contribution in [0, 0.1) is 0 Å². The average Bonchev–Trinajstić information content (AvgIpc) is 2.74. The summed E-state index contributed by atoms with van der Waals surface area (Å²) in [6.45, 7) is 5.01. The van der Waals surface area contributed by atoms with Crippen LogP contribution in [0.15, 0.2) is 53.4 Å². The predicted octanol–water partition coefficient (Wildman–Crippen LogP) is 4.16. The van der Waals surface area contributed by atoms with Gasteiger partial charge >= 0.3 is 0 Å². The van der Waals surface area contributed by atoms with Crippen molar-refractivity contribution in [2.75, 3.05) is 43.5 Å². The molecule has 0 saturated carbocycles. The SMILES string of the molecule is COc1ccccc1N1CCN([C@H](C)C(=O)Nc2ccc(SC(F)F)cc2)CC1. The molecule has 0 aliphatic carbocycles. The Balaban J connectivity index is 1.53. The maximum absolute atomic E-state index is 12.6. The zero-order chi connectivity index (χ0) is 20.8. The minimum atomic E-state index is -2.45. The molecule has 8 heteroatoms. The fraction of sp³-hybridized carbons (Fsp3) is 0.381. The molecule has 2 aromatic rings. The van der Waals surface area contributed by atoms with Gasteiger partial charge in [-0.25, -0.2) is 0 Å². The van der Waals surface area contributed by atoms with Crippen LogP contribution >= 0.6 is 11.8 Å². The van der Waals surface area contributed by atoms with Gasteiger partial charge in [-0.1, -0.05) is 23.9 Å². The highest BCUT2D eigenvalue weighted by Gasteiger charge is 2.26. The Morgan fingerprint density at radius 2 is 1.72 bits per heavy atom. The molecule has 1 aliphatic rings. The topological polar surface area (TPSA) is 44.8 Å². The molecule has 0 aromatic heterocycles. The Hall–Kier alpha value is -2.32. The van der Waals surface area contributed by atoms with Gasteiger partial charge in [-0.3, -0.25) is 9.69 Å². The molecule has 5 nitrogen and oxygen atoms in total. The number of piperazine rings is 1. The van der Waals surface area contributed by atoms with E-state index in [1.807, 2.05) is 31.2 Å². The van der Waals surface area contributed by atoms with Gasteiger partial charge in [0.2, 0.25) is 5.91 Å². The molecular formula is C21H25F2N3O2S. The fourth-order valence-electron chi connectivity index (χ4n) is 3.37. The first-order valence-corrected chi connectivity index (χ1v) is 10.3. The van der Waals surface area contributed by atoms with Crippen molar-refractivity contribution in [2.45, 2.75) is 23.6 Å². The van der Waals surface area contributed by atoms with Gasteiger partial charge in [0.25, 0.3) is 5.76 Å². The number of ether oxygens (including phenoxy) is 1. The van der Waals surface area contributed by atoms with E-state index in [1.165, 1.54) is 0 Å². The third-order valence-corrected chi connectivity index (χ3v) is 5.74. The van der Waals surface area contributed by atoms with E-state index >= 15 is 0 Å². The molecule has 1 saturated heterocycles. The molecule has 1 N–H and O–H groups in total. The number of anilines is 2. The highest BCUT2D eigenvalue weighted by Crippen LogP contribution is 2.29. The van der Waals surface area contributed by atoms with E-state index in [9.17, 15) is 13.6 Å². The van der Waals surface area contributed by atoms with E-state index in [4.69, 9.17) is 4.74 Å². The summed E-state index contributed by atoms with van der Waals surface area (Å²) in [6, 6.07) is 14.1. The van der Waals surface area contributed by atoms with Crippen LogP contribution in [-0.2, 0) is 4.79 Å². The van der Waals surface area contributed by atoms with Crippen LogP contribution < -0.4 is 15.0 Å². The smallest absolute Gasteiger partial charge is 0.288 e. The second kappa shape index (κ2) is 9.93. The number of hydrogen-bond acceptors (Lipinski definition) is 5. The van der Waals surface area contributed by atoms with E-state index in [0.29, 0.717) is 22.3 Å². The summed E-state index contributed by atoms with van der Waals surface area (Å²) in [6.07, 6.45) is 0. The molecule has 0 spiro atoms. The Morgan fingerprint density at radius 1 is 1.07 bits per heavy atom. The maximum atomic E-state index is 12.6. The second-order valence-electron chi connectivity index (χ2n) is 6.76. The number of benzene rings is 2. The number of alkyl halides is 2. The molecule has 1 amide bonds. The van der Waals surface area contributed by atoms with E-state index in [0.717, 1.165) is 37.6 Å². The highest BCUT2D eigenvalue weighted by atomic mass is 32.2. The average molecular weight is 422 g/mol. The first-order valence-electron chi connectivity index (χ1n) is 9.45. The molecular weight excluding hydrogens is 396 g/mol.